The van der Waals surface area contributed by atoms with Gasteiger partial charge in [-0.05, 0) is 48.2 Å². The number of hydrazone groups is 1. The lowest BCUT2D eigenvalue weighted by Gasteiger charge is -2.22. The summed E-state index contributed by atoms with van der Waals surface area (Å²) in [7, 11) is -3.67. The van der Waals surface area contributed by atoms with Gasteiger partial charge in [0.05, 0.1) is 17.7 Å². The first-order valence-electron chi connectivity index (χ1n) is 9.76. The molecule has 0 saturated heterocycles. The monoisotopic (exact) mass is 444 g/mol. The summed E-state index contributed by atoms with van der Waals surface area (Å²) >= 11 is 0. The van der Waals surface area contributed by atoms with E-state index < -0.39 is 22.5 Å². The molecule has 0 atom stereocenters. The predicted octanol–water partition coefficient (Wildman–Crippen LogP) is 3.07. The lowest BCUT2D eigenvalue weighted by atomic mass is 10.0. The van der Waals surface area contributed by atoms with E-state index in [0.717, 1.165) is 16.1 Å². The van der Waals surface area contributed by atoms with Crippen molar-refractivity contribution in [1.82, 2.24) is 5.43 Å². The third-order valence-corrected chi connectivity index (χ3v) is 5.62. The highest BCUT2D eigenvalue weighted by Gasteiger charge is 2.21. The highest BCUT2D eigenvalue weighted by molar-refractivity contribution is 7.92. The van der Waals surface area contributed by atoms with Gasteiger partial charge in [-0.3, -0.25) is 13.9 Å². The van der Waals surface area contributed by atoms with Crippen LogP contribution in [-0.2, 0) is 19.6 Å². The molecule has 2 aromatic carbocycles. The zero-order valence-corrected chi connectivity index (χ0v) is 19.2. The average molecular weight is 445 g/mol. The van der Waals surface area contributed by atoms with Crippen molar-refractivity contribution < 1.29 is 18.0 Å². The van der Waals surface area contributed by atoms with Gasteiger partial charge in [-0.1, -0.05) is 38.1 Å². The van der Waals surface area contributed by atoms with Gasteiger partial charge in [0.25, 0.3) is 5.91 Å². The second-order valence-corrected chi connectivity index (χ2v) is 9.42. The molecule has 0 spiro atoms. The van der Waals surface area contributed by atoms with Gasteiger partial charge >= 0.3 is 0 Å². The Morgan fingerprint density at radius 2 is 1.71 bits per heavy atom. The summed E-state index contributed by atoms with van der Waals surface area (Å²) in [5.41, 5.74) is 5.70. The molecule has 2 rings (SSSR count). The van der Waals surface area contributed by atoms with Gasteiger partial charge in [0.15, 0.2) is 0 Å². The van der Waals surface area contributed by atoms with E-state index in [4.69, 9.17) is 0 Å². The average Bonchev–Trinajstić information content (AvgIpc) is 2.69. The van der Waals surface area contributed by atoms with Gasteiger partial charge < -0.3 is 5.32 Å². The molecule has 0 heterocycles. The highest BCUT2D eigenvalue weighted by Crippen LogP contribution is 2.21. The van der Waals surface area contributed by atoms with Gasteiger partial charge in [0.2, 0.25) is 15.9 Å². The number of benzene rings is 2. The van der Waals surface area contributed by atoms with Gasteiger partial charge in [0.1, 0.15) is 6.54 Å². The topological polar surface area (TPSA) is 108 Å². The molecular formula is C22H28N4O4S. The van der Waals surface area contributed by atoms with Crippen LogP contribution in [0.2, 0.25) is 0 Å². The largest absolute Gasteiger partial charge is 0.326 e. The Balaban J connectivity index is 2.13. The number of hydrogen-bond donors (Lipinski definition) is 2. The Labute approximate surface area is 183 Å². The fourth-order valence-corrected chi connectivity index (χ4v) is 3.68. The molecule has 31 heavy (non-hydrogen) atoms. The molecule has 0 bridgehead atoms. The molecule has 2 amide bonds. The molecule has 0 aliphatic heterocycles. The van der Waals surface area contributed by atoms with Gasteiger partial charge in [-0.25, -0.2) is 13.8 Å². The zero-order chi connectivity index (χ0) is 23.2. The first kappa shape index (κ1) is 24.1. The third-order valence-electron chi connectivity index (χ3n) is 4.48. The molecular weight excluding hydrogens is 416 g/mol. The summed E-state index contributed by atoms with van der Waals surface area (Å²) in [6.45, 7) is 6.80. The first-order valence-corrected chi connectivity index (χ1v) is 11.6. The van der Waals surface area contributed by atoms with Crippen molar-refractivity contribution in [2.75, 3.05) is 22.4 Å². The van der Waals surface area contributed by atoms with Crippen molar-refractivity contribution >= 4 is 38.9 Å². The van der Waals surface area contributed by atoms with Crippen LogP contribution in [0, 0.1) is 0 Å². The summed E-state index contributed by atoms with van der Waals surface area (Å²) in [4.78, 5) is 23.6. The van der Waals surface area contributed by atoms with Crippen molar-refractivity contribution in [3.8, 4) is 0 Å². The maximum Gasteiger partial charge on any atom is 0.260 e. The van der Waals surface area contributed by atoms with E-state index in [2.05, 4.69) is 15.8 Å². The van der Waals surface area contributed by atoms with Crippen molar-refractivity contribution in [3.63, 3.8) is 0 Å². The number of nitrogens with one attached hydrogen (secondary N) is 2. The van der Waals surface area contributed by atoms with E-state index in [1.807, 2.05) is 26.0 Å². The molecule has 0 aliphatic carbocycles. The summed E-state index contributed by atoms with van der Waals surface area (Å²) in [6, 6.07) is 14.1. The van der Waals surface area contributed by atoms with Crippen molar-refractivity contribution in [2.45, 2.75) is 33.6 Å². The number of hydrogen-bond acceptors (Lipinski definition) is 5. The van der Waals surface area contributed by atoms with E-state index in [9.17, 15) is 18.0 Å². The number of amides is 2. The summed E-state index contributed by atoms with van der Waals surface area (Å²) < 4.78 is 25.5. The molecule has 2 N–H and O–H groups in total. The Bertz CT molecular complexity index is 1080. The molecule has 0 saturated carbocycles. The summed E-state index contributed by atoms with van der Waals surface area (Å²) in [5, 5.41) is 6.75. The second kappa shape index (κ2) is 10.2. The van der Waals surface area contributed by atoms with E-state index >= 15 is 0 Å². The Hall–Kier alpha value is -3.20. The molecule has 0 aliphatic rings. The van der Waals surface area contributed by atoms with Crippen LogP contribution >= 0.6 is 0 Å². The quantitative estimate of drug-likeness (QED) is 0.482. The Morgan fingerprint density at radius 3 is 2.26 bits per heavy atom. The molecule has 166 valence electrons. The van der Waals surface area contributed by atoms with Crippen molar-refractivity contribution in [1.29, 1.82) is 0 Å². The van der Waals surface area contributed by atoms with Crippen molar-refractivity contribution in [3.05, 3.63) is 59.7 Å². The molecule has 8 nitrogen and oxygen atoms in total. The minimum Gasteiger partial charge on any atom is -0.326 e. The predicted molar refractivity (Wildman–Crippen MR) is 124 cm³/mol. The number of nitrogens with zero attached hydrogens (tertiary/aromatic N) is 2. The Morgan fingerprint density at radius 1 is 1.06 bits per heavy atom. The lowest BCUT2D eigenvalue weighted by molar-refractivity contribution is -0.119. The van der Waals surface area contributed by atoms with Crippen LogP contribution in [0.25, 0.3) is 0 Å². The van der Waals surface area contributed by atoms with Crippen LogP contribution in [0.1, 0.15) is 44.7 Å². The normalized spacial score (nSPS) is 11.9. The number of anilines is 2. The summed E-state index contributed by atoms with van der Waals surface area (Å²) in [6.07, 6.45) is 1.05. The molecule has 2 aromatic rings. The third kappa shape index (κ3) is 7.21. The zero-order valence-electron chi connectivity index (χ0n) is 18.3. The number of sulfonamides is 1. The maximum absolute atomic E-state index is 12.4. The number of carbonyl (C=O) groups is 2. The van der Waals surface area contributed by atoms with Crippen LogP contribution in [0.3, 0.4) is 0 Å². The van der Waals surface area contributed by atoms with Gasteiger partial charge in [-0.15, -0.1) is 0 Å². The van der Waals surface area contributed by atoms with E-state index in [0.29, 0.717) is 28.6 Å². The van der Waals surface area contributed by atoms with Crippen LogP contribution in [-0.4, -0.2) is 38.7 Å². The summed E-state index contributed by atoms with van der Waals surface area (Å²) in [5.74, 6) is -0.455. The molecule has 0 radical (unpaired) electrons. The minimum atomic E-state index is -3.67. The van der Waals surface area contributed by atoms with Gasteiger partial charge in [-0.2, -0.15) is 5.10 Å². The van der Waals surface area contributed by atoms with Crippen LogP contribution in [0.15, 0.2) is 53.6 Å². The van der Waals surface area contributed by atoms with E-state index in [1.165, 1.54) is 6.92 Å². The minimum absolute atomic E-state index is 0.192. The van der Waals surface area contributed by atoms with Crippen LogP contribution in [0.5, 0.6) is 0 Å². The Kier molecular flexibility index (Phi) is 7.93. The lowest BCUT2D eigenvalue weighted by Crippen LogP contribution is -2.39. The highest BCUT2D eigenvalue weighted by atomic mass is 32.2. The first-order chi connectivity index (χ1) is 14.5. The molecule has 0 fully saturated rings. The second-order valence-electron chi connectivity index (χ2n) is 7.51. The van der Waals surface area contributed by atoms with Crippen LogP contribution in [0.4, 0.5) is 11.4 Å². The molecule has 0 aromatic heterocycles. The van der Waals surface area contributed by atoms with E-state index in [-0.39, 0.29) is 5.91 Å². The standard InChI is InChI=1S/C22H28N4O4S/c1-15(2)18-9-11-21(12-10-18)26(31(5,29)30)14-22(28)25-24-16(3)19-7-6-8-20(13-19)23-17(4)27/h6-13,15H,14H2,1-5H3,(H,23,27)(H,25,28)/b24-16-. The smallest absolute Gasteiger partial charge is 0.260 e. The fourth-order valence-electron chi connectivity index (χ4n) is 2.83. The number of carbonyl (C=O) groups excluding carboxylic acids is 2. The maximum atomic E-state index is 12.4. The SMILES string of the molecule is CC(=O)Nc1cccc(/C(C)=N\NC(=O)CN(c2ccc(C(C)C)cc2)S(C)(=O)=O)c1. The van der Waals surface area contributed by atoms with Gasteiger partial charge in [0, 0.05) is 12.6 Å². The molecule has 9 heteroatoms. The van der Waals surface area contributed by atoms with E-state index in [1.54, 1.807) is 43.3 Å². The van der Waals surface area contributed by atoms with Crippen molar-refractivity contribution in [2.24, 2.45) is 5.10 Å². The molecule has 0 unspecified atom stereocenters. The fraction of sp³-hybridized carbons (Fsp3) is 0.318. The van der Waals surface area contributed by atoms with Crippen LogP contribution < -0.4 is 15.0 Å². The number of rotatable bonds is 8.